The second-order valence-electron chi connectivity index (χ2n) is 16.8. The summed E-state index contributed by atoms with van der Waals surface area (Å²) in [6.07, 6.45) is 6.44. The standard InChI is InChI=1S/C62H44N2/c1-3-17-49-50-20-8-12-24-55(50)62(54(49)4-2)56-25-13-9-23-53(56)61-57(62)26-16-29-60(61)63(46-36-30-43(31-37-46)42-18-6-5-7-19-42)47-38-32-44(33-39-47)45-34-40-48(41-35-45)64-58-27-14-10-21-51(58)52-22-11-15-28-59(52)64/h3-41H,1H2,2H3/b49-17-,54-4+. The van der Waals surface area contributed by atoms with E-state index in [1.54, 1.807) is 0 Å². The first-order valence-corrected chi connectivity index (χ1v) is 22.2. The van der Waals surface area contributed by atoms with Crippen LogP contribution in [0.15, 0.2) is 249 Å². The summed E-state index contributed by atoms with van der Waals surface area (Å²) in [7, 11) is 0. The fourth-order valence-electron chi connectivity index (χ4n) is 10.9. The molecular weight excluding hydrogens is 773 g/mol. The van der Waals surface area contributed by atoms with Gasteiger partial charge in [0.2, 0.25) is 0 Å². The number of rotatable bonds is 7. The lowest BCUT2D eigenvalue weighted by atomic mass is 9.70. The minimum absolute atomic E-state index is 0.472. The Morgan fingerprint density at radius 1 is 0.453 bits per heavy atom. The van der Waals surface area contributed by atoms with E-state index in [-0.39, 0.29) is 0 Å². The van der Waals surface area contributed by atoms with Crippen LogP contribution in [0.5, 0.6) is 0 Å². The molecule has 12 rings (SSSR count). The molecule has 2 heteroatoms. The Labute approximate surface area is 374 Å². The van der Waals surface area contributed by atoms with Gasteiger partial charge < -0.3 is 9.47 Å². The Hall–Kier alpha value is -8.20. The van der Waals surface area contributed by atoms with E-state index in [2.05, 4.69) is 254 Å². The predicted molar refractivity (Wildman–Crippen MR) is 270 cm³/mol. The van der Waals surface area contributed by atoms with Gasteiger partial charge in [0, 0.05) is 33.4 Å². The Morgan fingerprint density at radius 2 is 0.938 bits per heavy atom. The van der Waals surface area contributed by atoms with Crippen LogP contribution in [0.1, 0.15) is 29.2 Å². The number of hydrogen-bond acceptors (Lipinski definition) is 1. The average Bonchev–Trinajstić information content (AvgIpc) is 3.97. The van der Waals surface area contributed by atoms with Gasteiger partial charge in [-0.15, -0.1) is 0 Å². The van der Waals surface area contributed by atoms with Crippen LogP contribution >= 0.6 is 0 Å². The number of aromatic nitrogens is 1. The van der Waals surface area contributed by atoms with E-state index >= 15 is 0 Å². The van der Waals surface area contributed by atoms with Gasteiger partial charge in [0.25, 0.3) is 0 Å². The fraction of sp³-hybridized carbons (Fsp3) is 0.0323. The molecule has 0 saturated carbocycles. The molecule has 0 aliphatic heterocycles. The molecule has 0 N–H and O–H groups in total. The second-order valence-corrected chi connectivity index (χ2v) is 16.8. The van der Waals surface area contributed by atoms with E-state index in [0.29, 0.717) is 0 Å². The quantitative estimate of drug-likeness (QED) is 0.156. The highest BCUT2D eigenvalue weighted by Crippen LogP contribution is 2.65. The molecule has 9 aromatic carbocycles. The number of benzene rings is 9. The van der Waals surface area contributed by atoms with Crippen LogP contribution in [-0.2, 0) is 5.41 Å². The number of nitrogens with zero attached hydrogens (tertiary/aromatic N) is 2. The molecule has 10 aromatic rings. The molecule has 0 radical (unpaired) electrons. The number of para-hydroxylation sites is 2. The number of hydrogen-bond donors (Lipinski definition) is 0. The molecule has 0 bridgehead atoms. The van der Waals surface area contributed by atoms with Crippen molar-refractivity contribution in [3.63, 3.8) is 0 Å². The summed E-state index contributed by atoms with van der Waals surface area (Å²) in [6, 6.07) is 80.1. The molecular formula is C62H44N2. The third-order valence-corrected chi connectivity index (χ3v) is 13.6. The largest absolute Gasteiger partial charge is 0.310 e. The van der Waals surface area contributed by atoms with E-state index in [4.69, 9.17) is 0 Å². The van der Waals surface area contributed by atoms with Crippen molar-refractivity contribution in [3.05, 3.63) is 271 Å². The van der Waals surface area contributed by atoms with Crippen LogP contribution in [0, 0.1) is 0 Å². The monoisotopic (exact) mass is 816 g/mol. The molecule has 2 nitrogen and oxygen atoms in total. The van der Waals surface area contributed by atoms with Crippen molar-refractivity contribution in [1.29, 1.82) is 0 Å². The van der Waals surface area contributed by atoms with Crippen molar-refractivity contribution in [2.24, 2.45) is 0 Å². The first-order chi connectivity index (χ1) is 31.7. The second kappa shape index (κ2) is 15.0. The highest BCUT2D eigenvalue weighted by atomic mass is 15.1. The van der Waals surface area contributed by atoms with E-state index in [1.807, 2.05) is 6.08 Å². The summed E-state index contributed by atoms with van der Waals surface area (Å²) in [5.41, 5.74) is 21.4. The summed E-state index contributed by atoms with van der Waals surface area (Å²) in [5, 5.41) is 2.54. The number of allylic oxidation sites excluding steroid dienone is 5. The van der Waals surface area contributed by atoms with E-state index < -0.39 is 5.41 Å². The molecule has 64 heavy (non-hydrogen) atoms. The summed E-state index contributed by atoms with van der Waals surface area (Å²) in [6.45, 7) is 6.33. The van der Waals surface area contributed by atoms with E-state index in [1.165, 1.54) is 88.6 Å². The van der Waals surface area contributed by atoms with Crippen LogP contribution < -0.4 is 4.90 Å². The number of fused-ring (bicyclic) bond motifs is 10. The van der Waals surface area contributed by atoms with Crippen molar-refractivity contribution in [1.82, 2.24) is 4.57 Å². The van der Waals surface area contributed by atoms with Gasteiger partial charge in [-0.05, 0) is 123 Å². The Balaban J connectivity index is 1.00. The van der Waals surface area contributed by atoms with Gasteiger partial charge in [-0.25, -0.2) is 0 Å². The van der Waals surface area contributed by atoms with Crippen molar-refractivity contribution in [2.75, 3.05) is 4.90 Å². The van der Waals surface area contributed by atoms with Gasteiger partial charge in [-0.1, -0.05) is 189 Å². The van der Waals surface area contributed by atoms with Gasteiger partial charge in [0.15, 0.2) is 0 Å². The zero-order valence-electron chi connectivity index (χ0n) is 35.6. The van der Waals surface area contributed by atoms with Gasteiger partial charge in [-0.2, -0.15) is 0 Å². The highest BCUT2D eigenvalue weighted by Gasteiger charge is 2.53. The van der Waals surface area contributed by atoms with Gasteiger partial charge in [0.05, 0.1) is 22.1 Å². The molecule has 0 amide bonds. The van der Waals surface area contributed by atoms with Crippen molar-refractivity contribution < 1.29 is 0 Å². The molecule has 1 atom stereocenters. The maximum absolute atomic E-state index is 4.15. The molecule has 0 saturated heterocycles. The van der Waals surface area contributed by atoms with Crippen molar-refractivity contribution in [3.8, 4) is 39.1 Å². The van der Waals surface area contributed by atoms with Crippen LogP contribution in [0.25, 0.3) is 66.4 Å². The van der Waals surface area contributed by atoms with Gasteiger partial charge in [-0.3, -0.25) is 0 Å². The SMILES string of the molecule is C=C/C=C1\C(=C/C)C2(c3ccccc31)c1ccccc1-c1c(N(c3ccc(-c4ccccc4)cc3)c3ccc(-c4ccc(-n5c6ccccc6c6ccccc65)cc4)cc3)cccc12. The first kappa shape index (κ1) is 37.6. The molecule has 1 unspecified atom stereocenters. The molecule has 0 fully saturated rings. The molecule has 1 spiro atoms. The lowest BCUT2D eigenvalue weighted by Gasteiger charge is -2.32. The molecule has 1 aromatic heterocycles. The number of anilines is 3. The van der Waals surface area contributed by atoms with Gasteiger partial charge >= 0.3 is 0 Å². The Morgan fingerprint density at radius 3 is 1.53 bits per heavy atom. The zero-order chi connectivity index (χ0) is 42.8. The minimum Gasteiger partial charge on any atom is -0.310 e. The lowest BCUT2D eigenvalue weighted by Crippen LogP contribution is -2.26. The van der Waals surface area contributed by atoms with Gasteiger partial charge in [0.1, 0.15) is 0 Å². The minimum atomic E-state index is -0.472. The third-order valence-electron chi connectivity index (χ3n) is 13.6. The van der Waals surface area contributed by atoms with Crippen LogP contribution in [0.2, 0.25) is 0 Å². The van der Waals surface area contributed by atoms with E-state index in [9.17, 15) is 0 Å². The Bertz CT molecular complexity index is 3440. The predicted octanol–water partition coefficient (Wildman–Crippen LogP) is 16.4. The maximum Gasteiger partial charge on any atom is 0.0723 e. The van der Waals surface area contributed by atoms with Crippen LogP contribution in [-0.4, -0.2) is 4.57 Å². The fourth-order valence-corrected chi connectivity index (χ4v) is 10.9. The first-order valence-electron chi connectivity index (χ1n) is 22.2. The summed E-state index contributed by atoms with van der Waals surface area (Å²) >= 11 is 0. The highest BCUT2D eigenvalue weighted by molar-refractivity contribution is 6.09. The maximum atomic E-state index is 4.15. The van der Waals surface area contributed by atoms with Crippen molar-refractivity contribution >= 4 is 44.4 Å². The van der Waals surface area contributed by atoms with Crippen LogP contribution in [0.4, 0.5) is 17.1 Å². The molecule has 302 valence electrons. The summed E-state index contributed by atoms with van der Waals surface area (Å²) in [5.74, 6) is 0. The Kier molecular flexibility index (Phi) is 8.81. The topological polar surface area (TPSA) is 8.17 Å². The smallest absolute Gasteiger partial charge is 0.0723 e. The summed E-state index contributed by atoms with van der Waals surface area (Å²) in [4.78, 5) is 2.45. The zero-order valence-corrected chi connectivity index (χ0v) is 35.6. The van der Waals surface area contributed by atoms with Crippen LogP contribution in [0.3, 0.4) is 0 Å². The van der Waals surface area contributed by atoms with Crippen molar-refractivity contribution in [2.45, 2.75) is 12.3 Å². The molecule has 2 aliphatic carbocycles. The lowest BCUT2D eigenvalue weighted by molar-refractivity contribution is 0.793. The molecule has 1 heterocycles. The third kappa shape index (κ3) is 5.52. The normalized spacial score (nSPS) is 16.1. The van der Waals surface area contributed by atoms with E-state index in [0.717, 1.165) is 22.7 Å². The average molecular weight is 817 g/mol. The molecule has 2 aliphatic rings. The summed E-state index contributed by atoms with van der Waals surface area (Å²) < 4.78 is 2.37.